The summed E-state index contributed by atoms with van der Waals surface area (Å²) in [6.45, 7) is 17.7. The van der Waals surface area contributed by atoms with E-state index in [-0.39, 0.29) is 0 Å². The topological polar surface area (TPSA) is 0 Å². The van der Waals surface area contributed by atoms with E-state index >= 15 is 0 Å². The lowest BCUT2D eigenvalue weighted by atomic mass is 10.1. The largest absolute Gasteiger partial charge is 0.0985 e. The minimum absolute atomic E-state index is 1.19. The Labute approximate surface area is 97.0 Å². The smallest absolute Gasteiger partial charge is 0.0260 e. The molecule has 15 heavy (non-hydrogen) atoms. The van der Waals surface area contributed by atoms with Crippen LogP contribution in [0.2, 0.25) is 0 Å². The summed E-state index contributed by atoms with van der Waals surface area (Å²) in [5.74, 6) is 0. The van der Waals surface area contributed by atoms with E-state index in [0.29, 0.717) is 0 Å². The van der Waals surface area contributed by atoms with Crippen molar-refractivity contribution in [3.63, 3.8) is 0 Å². The van der Waals surface area contributed by atoms with Crippen LogP contribution >= 0.6 is 0 Å². The van der Waals surface area contributed by atoms with Gasteiger partial charge >= 0.3 is 0 Å². The van der Waals surface area contributed by atoms with Gasteiger partial charge in [0.05, 0.1) is 0 Å². The van der Waals surface area contributed by atoms with Gasteiger partial charge in [-0.15, -0.1) is 0 Å². The van der Waals surface area contributed by atoms with Crippen molar-refractivity contribution in [2.75, 3.05) is 0 Å². The first-order valence-corrected chi connectivity index (χ1v) is 6.02. The first-order valence-electron chi connectivity index (χ1n) is 6.02. The lowest BCUT2D eigenvalue weighted by molar-refractivity contribution is 1.46. The second-order valence-electron chi connectivity index (χ2n) is 2.12. The van der Waals surface area contributed by atoms with Crippen LogP contribution in [0.15, 0.2) is 30.8 Å². The molecule has 0 unspecified atom stereocenters. The molecule has 1 rings (SSSR count). The molecule has 0 amide bonds. The highest BCUT2D eigenvalue weighted by Gasteiger charge is 1.83. The van der Waals surface area contributed by atoms with Crippen LogP contribution < -0.4 is 0 Å². The van der Waals surface area contributed by atoms with Gasteiger partial charge in [0, 0.05) is 0 Å². The maximum atomic E-state index is 3.67. The molecule has 0 aromatic heterocycles. The SMILES string of the molecule is C=Cc1cccc(C)c1.CC.CC.CC. The third kappa shape index (κ3) is 13.0. The molecule has 0 aliphatic heterocycles. The molecule has 0 saturated carbocycles. The summed E-state index contributed by atoms with van der Waals surface area (Å²) >= 11 is 0. The van der Waals surface area contributed by atoms with Crippen LogP contribution in [-0.4, -0.2) is 0 Å². The van der Waals surface area contributed by atoms with Crippen molar-refractivity contribution < 1.29 is 0 Å². The molecule has 0 heterocycles. The summed E-state index contributed by atoms with van der Waals surface area (Å²) in [5, 5.41) is 0. The van der Waals surface area contributed by atoms with Gasteiger partial charge in [-0.05, 0) is 12.5 Å². The lowest BCUT2D eigenvalue weighted by Gasteiger charge is -1.92. The molecule has 88 valence electrons. The van der Waals surface area contributed by atoms with Crippen LogP contribution in [0.1, 0.15) is 52.7 Å². The molecule has 0 nitrogen and oxygen atoms in total. The standard InChI is InChI=1S/C9H10.3C2H6/c1-3-9-6-4-5-8(2)7-9;3*1-2/h3-7H,1H2,2H3;3*1-2H3. The van der Waals surface area contributed by atoms with Gasteiger partial charge in [-0.3, -0.25) is 0 Å². The van der Waals surface area contributed by atoms with Gasteiger partial charge in [-0.2, -0.15) is 0 Å². The highest BCUT2D eigenvalue weighted by Crippen LogP contribution is 2.03. The minimum Gasteiger partial charge on any atom is -0.0985 e. The molecule has 1 aromatic rings. The van der Waals surface area contributed by atoms with Gasteiger partial charge in [0.25, 0.3) is 0 Å². The number of benzene rings is 1. The lowest BCUT2D eigenvalue weighted by Crippen LogP contribution is -1.72. The van der Waals surface area contributed by atoms with E-state index in [4.69, 9.17) is 0 Å². The van der Waals surface area contributed by atoms with E-state index in [9.17, 15) is 0 Å². The third-order valence-electron chi connectivity index (χ3n) is 1.28. The Morgan fingerprint density at radius 2 is 1.40 bits per heavy atom. The van der Waals surface area contributed by atoms with E-state index in [1.165, 1.54) is 11.1 Å². The van der Waals surface area contributed by atoms with Crippen molar-refractivity contribution in [1.82, 2.24) is 0 Å². The van der Waals surface area contributed by atoms with Crippen LogP contribution in [0.5, 0.6) is 0 Å². The zero-order valence-corrected chi connectivity index (χ0v) is 11.6. The van der Waals surface area contributed by atoms with Gasteiger partial charge in [-0.25, -0.2) is 0 Å². The summed E-state index contributed by atoms with van der Waals surface area (Å²) in [5.41, 5.74) is 2.47. The zero-order chi connectivity index (χ0) is 12.7. The van der Waals surface area contributed by atoms with E-state index in [2.05, 4.69) is 25.6 Å². The molecule has 0 heteroatoms. The highest BCUT2D eigenvalue weighted by molar-refractivity contribution is 5.47. The summed E-state index contributed by atoms with van der Waals surface area (Å²) < 4.78 is 0. The van der Waals surface area contributed by atoms with E-state index < -0.39 is 0 Å². The minimum atomic E-state index is 1.19. The summed E-state index contributed by atoms with van der Waals surface area (Å²) in [6, 6.07) is 8.26. The zero-order valence-electron chi connectivity index (χ0n) is 11.6. The molecule has 0 saturated heterocycles. The predicted molar refractivity (Wildman–Crippen MR) is 75.3 cm³/mol. The number of hydrogen-bond acceptors (Lipinski definition) is 0. The van der Waals surface area contributed by atoms with Gasteiger partial charge in [0.2, 0.25) is 0 Å². The molecule has 0 bridgehead atoms. The number of rotatable bonds is 1. The van der Waals surface area contributed by atoms with Crippen LogP contribution in [0.25, 0.3) is 6.08 Å². The van der Waals surface area contributed by atoms with Gasteiger partial charge in [-0.1, -0.05) is 84.0 Å². The van der Waals surface area contributed by atoms with Gasteiger partial charge in [0.15, 0.2) is 0 Å². The molecule has 1 aromatic carbocycles. The molecule has 0 radical (unpaired) electrons. The molecule has 0 aliphatic carbocycles. The Kier molecular flexibility index (Phi) is 24.3. The predicted octanol–water partition coefficient (Wildman–Crippen LogP) is 5.72. The Hall–Kier alpha value is -1.04. The van der Waals surface area contributed by atoms with Crippen molar-refractivity contribution >= 4 is 6.08 Å². The van der Waals surface area contributed by atoms with Crippen LogP contribution in [0.4, 0.5) is 0 Å². The number of aryl methyl sites for hydroxylation is 1. The maximum Gasteiger partial charge on any atom is -0.0260 e. The van der Waals surface area contributed by atoms with E-state index in [1.807, 2.05) is 59.8 Å². The van der Waals surface area contributed by atoms with Gasteiger partial charge < -0.3 is 0 Å². The molecular weight excluding hydrogens is 180 g/mol. The van der Waals surface area contributed by atoms with Gasteiger partial charge in [0.1, 0.15) is 0 Å². The second-order valence-corrected chi connectivity index (χ2v) is 2.12. The highest BCUT2D eigenvalue weighted by atomic mass is 13.9. The third-order valence-corrected chi connectivity index (χ3v) is 1.28. The van der Waals surface area contributed by atoms with Crippen molar-refractivity contribution in [3.8, 4) is 0 Å². The normalized spacial score (nSPS) is 6.60. The second kappa shape index (κ2) is 18.7. The van der Waals surface area contributed by atoms with Crippen LogP contribution in [0, 0.1) is 6.92 Å². The fraction of sp³-hybridized carbons (Fsp3) is 0.467. The first-order chi connectivity index (χ1) is 7.33. The Balaban J connectivity index is -0.000000208. The summed E-state index contributed by atoms with van der Waals surface area (Å²) in [4.78, 5) is 0. The fourth-order valence-electron chi connectivity index (χ4n) is 0.797. The van der Waals surface area contributed by atoms with Crippen LogP contribution in [-0.2, 0) is 0 Å². The van der Waals surface area contributed by atoms with Crippen molar-refractivity contribution in [2.24, 2.45) is 0 Å². The molecule has 0 atom stereocenters. The Morgan fingerprint density at radius 1 is 0.933 bits per heavy atom. The van der Waals surface area contributed by atoms with Crippen molar-refractivity contribution in [2.45, 2.75) is 48.5 Å². The molecule has 0 N–H and O–H groups in total. The Morgan fingerprint density at radius 3 is 1.67 bits per heavy atom. The molecule has 0 aliphatic rings. The average molecular weight is 208 g/mol. The molecular formula is C15H28. The molecule has 0 fully saturated rings. The summed E-state index contributed by atoms with van der Waals surface area (Å²) in [7, 11) is 0. The van der Waals surface area contributed by atoms with Crippen molar-refractivity contribution in [3.05, 3.63) is 42.0 Å². The van der Waals surface area contributed by atoms with Crippen molar-refractivity contribution in [1.29, 1.82) is 0 Å². The molecule has 0 spiro atoms. The average Bonchev–Trinajstić information content (AvgIpc) is 2.36. The monoisotopic (exact) mass is 208 g/mol. The van der Waals surface area contributed by atoms with E-state index in [0.717, 1.165) is 0 Å². The summed E-state index contributed by atoms with van der Waals surface area (Å²) in [6.07, 6.45) is 1.85. The number of hydrogen-bond donors (Lipinski definition) is 0. The first kappa shape index (κ1) is 19.5. The fourth-order valence-corrected chi connectivity index (χ4v) is 0.797. The Bertz CT molecular complexity index is 211. The van der Waals surface area contributed by atoms with Crippen LogP contribution in [0.3, 0.4) is 0 Å². The maximum absolute atomic E-state index is 3.67. The quantitative estimate of drug-likeness (QED) is 0.554. The van der Waals surface area contributed by atoms with E-state index in [1.54, 1.807) is 0 Å².